The smallest absolute Gasteiger partial charge is 0.335 e. The van der Waals surface area contributed by atoms with Crippen molar-refractivity contribution in [2.24, 2.45) is 29.6 Å². The van der Waals surface area contributed by atoms with Crippen molar-refractivity contribution in [3.05, 3.63) is 65.8 Å². The summed E-state index contributed by atoms with van der Waals surface area (Å²) in [7, 11) is 4.56. The number of carbonyl (C=O) groups is 5. The first kappa shape index (κ1) is 52.9. The molecular formula is C51H73NO14. The van der Waals surface area contributed by atoms with Crippen molar-refractivity contribution >= 4 is 29.4 Å². The van der Waals surface area contributed by atoms with Gasteiger partial charge in [-0.05, 0) is 108 Å². The predicted molar refractivity (Wildman–Crippen MR) is 244 cm³/mol. The molecule has 3 aliphatic heterocycles. The van der Waals surface area contributed by atoms with Gasteiger partial charge in [-0.15, -0.1) is 0 Å². The van der Waals surface area contributed by atoms with Gasteiger partial charge >= 0.3 is 11.9 Å². The second kappa shape index (κ2) is 24.3. The summed E-state index contributed by atoms with van der Waals surface area (Å²) in [6.45, 7) is 9.05. The number of amides is 1. The van der Waals surface area contributed by atoms with Crippen LogP contribution in [0.5, 0.6) is 5.75 Å². The summed E-state index contributed by atoms with van der Waals surface area (Å²) in [5.41, 5.74) is 1.46. The SMILES string of the molecule is CO[C@H]1C[C@@H](C)C/C(C)=C/[C@@H](C/C=C/C(=O)Oc2ccccc2)C(=O)C[C@H](O)[C@@H](C)[C@@H](/C(C)=C/[C@@H]2CC[C@@H](O)[C@H](OC)C2)OC(=O)[C@@H]2CCCCN2C(=O)C(=O)[C@]2(O)O[C@H]1[C@@H](OC)C[C@H]2C. The lowest BCUT2D eigenvalue weighted by Gasteiger charge is -2.47. The number of allylic oxidation sites excluding steroid dienone is 4. The number of hydrogen-bond donors (Lipinski definition) is 3. The molecule has 0 radical (unpaired) electrons. The number of benzene rings is 1. The summed E-state index contributed by atoms with van der Waals surface area (Å²) < 4.78 is 35.3. The number of cyclic esters (lactones) is 1. The van der Waals surface area contributed by atoms with E-state index in [9.17, 15) is 39.3 Å². The number of para-hydroxylation sites is 1. The number of ether oxygens (including phenoxy) is 6. The van der Waals surface area contributed by atoms with Gasteiger partial charge in [0.15, 0.2) is 0 Å². The minimum Gasteiger partial charge on any atom is -0.456 e. The van der Waals surface area contributed by atoms with Gasteiger partial charge in [0, 0.05) is 58.1 Å². The molecule has 0 spiro atoms. The van der Waals surface area contributed by atoms with Crippen molar-refractivity contribution < 1.29 is 67.7 Å². The van der Waals surface area contributed by atoms with Crippen LogP contribution in [0.4, 0.5) is 0 Å². The standard InChI is InChI=1S/C51H73NO14/c1-30-23-31(2)25-43(62-7)47-44(63-8)27-33(4)51(60,66-47)48(57)49(58)52-22-13-12-18-38(52)50(59)65-46(32(3)26-35-20-21-39(53)42(28-35)61-6)34(5)40(54)29-41(55)36(24-30)15-14-19-45(56)64-37-16-10-9-11-17-37/h9-11,14,16-17,19,24,26,31,33-36,38-40,42-44,46-47,53-54,60H,12-13,15,18,20-23,25,27-29H2,1-8H3/b19-14+,30-24+,32-26+/t31-,33+,34+,35-,36+,38-,39+,40-,42+,43-,44-,46+,47+,51+/m0/s1. The molecule has 66 heavy (non-hydrogen) atoms. The van der Waals surface area contributed by atoms with E-state index in [1.807, 2.05) is 26.0 Å². The molecule has 3 heterocycles. The highest BCUT2D eigenvalue weighted by Crippen LogP contribution is 2.39. The zero-order chi connectivity index (χ0) is 48.3. The molecule has 366 valence electrons. The molecular weight excluding hydrogens is 851 g/mol. The van der Waals surface area contributed by atoms with Gasteiger partial charge in [0.25, 0.3) is 11.7 Å². The minimum atomic E-state index is -2.56. The third kappa shape index (κ3) is 13.3. The fourth-order valence-electron chi connectivity index (χ4n) is 10.2. The van der Waals surface area contributed by atoms with Crippen LogP contribution < -0.4 is 4.74 Å². The largest absolute Gasteiger partial charge is 0.456 e. The fourth-order valence-corrected chi connectivity index (χ4v) is 10.2. The number of ketones is 2. The van der Waals surface area contributed by atoms with Crippen LogP contribution in [0.15, 0.2) is 65.8 Å². The van der Waals surface area contributed by atoms with Gasteiger partial charge in [-0.3, -0.25) is 14.4 Å². The Hall–Kier alpha value is -4.09. The normalized spacial score (nSPS) is 37.0. The van der Waals surface area contributed by atoms with E-state index < -0.39 is 95.9 Å². The van der Waals surface area contributed by atoms with Crippen LogP contribution in [0, 0.1) is 29.6 Å². The Balaban J connectivity index is 1.54. The molecule has 1 amide bonds. The summed E-state index contributed by atoms with van der Waals surface area (Å²) in [5, 5.41) is 34.6. The summed E-state index contributed by atoms with van der Waals surface area (Å²) >= 11 is 0. The number of fused-ring (bicyclic) bond motifs is 3. The highest BCUT2D eigenvalue weighted by atomic mass is 16.7. The van der Waals surface area contributed by atoms with Crippen LogP contribution in [0.25, 0.3) is 0 Å². The molecule has 3 fully saturated rings. The molecule has 14 atom stereocenters. The molecule has 0 unspecified atom stereocenters. The third-order valence-electron chi connectivity index (χ3n) is 14.1. The zero-order valence-corrected chi connectivity index (χ0v) is 40.0. The lowest BCUT2D eigenvalue weighted by molar-refractivity contribution is -0.302. The number of esters is 2. The number of hydrogen-bond acceptors (Lipinski definition) is 14. The van der Waals surface area contributed by atoms with E-state index >= 15 is 0 Å². The van der Waals surface area contributed by atoms with E-state index in [2.05, 4.69) is 0 Å². The molecule has 1 aliphatic carbocycles. The predicted octanol–water partition coefficient (Wildman–Crippen LogP) is 5.61. The number of nitrogens with zero attached hydrogens (tertiary/aromatic N) is 1. The van der Waals surface area contributed by atoms with Gasteiger partial charge in [-0.1, -0.05) is 62.8 Å². The molecule has 2 bridgehead atoms. The maximum absolute atomic E-state index is 14.5. The van der Waals surface area contributed by atoms with Crippen LogP contribution in [0.1, 0.15) is 105 Å². The summed E-state index contributed by atoms with van der Waals surface area (Å²) in [4.78, 5) is 71.4. The summed E-state index contributed by atoms with van der Waals surface area (Å²) in [5.74, 6) is -8.74. The van der Waals surface area contributed by atoms with Gasteiger partial charge in [-0.25, -0.2) is 9.59 Å². The first-order valence-electron chi connectivity index (χ1n) is 23.6. The van der Waals surface area contributed by atoms with E-state index in [0.717, 1.165) is 10.5 Å². The second-order valence-electron chi connectivity index (χ2n) is 19.1. The quantitative estimate of drug-likeness (QED) is 0.0906. The number of rotatable bonds is 9. The van der Waals surface area contributed by atoms with E-state index in [0.29, 0.717) is 56.3 Å². The lowest BCUT2D eigenvalue weighted by atomic mass is 9.81. The summed E-state index contributed by atoms with van der Waals surface area (Å²) in [6, 6.07) is 7.43. The second-order valence-corrected chi connectivity index (χ2v) is 19.1. The Kier molecular flexibility index (Phi) is 19.4. The highest BCUT2D eigenvalue weighted by Gasteiger charge is 2.56. The third-order valence-corrected chi connectivity index (χ3v) is 14.1. The first-order valence-corrected chi connectivity index (χ1v) is 23.6. The molecule has 1 aromatic carbocycles. The van der Waals surface area contributed by atoms with E-state index in [1.165, 1.54) is 20.3 Å². The highest BCUT2D eigenvalue weighted by molar-refractivity contribution is 6.39. The van der Waals surface area contributed by atoms with Crippen LogP contribution in [0.2, 0.25) is 0 Å². The molecule has 1 saturated carbocycles. The monoisotopic (exact) mass is 924 g/mol. The number of carbonyl (C=O) groups excluding carboxylic acids is 5. The van der Waals surface area contributed by atoms with Crippen molar-refractivity contribution in [1.29, 1.82) is 0 Å². The maximum atomic E-state index is 14.5. The number of aliphatic hydroxyl groups is 3. The van der Waals surface area contributed by atoms with Crippen LogP contribution in [-0.4, -0.2) is 132 Å². The molecule has 4 aliphatic rings. The Morgan fingerprint density at radius 3 is 2.24 bits per heavy atom. The molecule has 2 saturated heterocycles. The van der Waals surface area contributed by atoms with E-state index in [-0.39, 0.29) is 49.8 Å². The molecule has 3 N–H and O–H groups in total. The summed E-state index contributed by atoms with van der Waals surface area (Å²) in [6.07, 6.45) is 4.81. The average molecular weight is 924 g/mol. The molecule has 1 aromatic rings. The van der Waals surface area contributed by atoms with Crippen molar-refractivity contribution in [3.63, 3.8) is 0 Å². The zero-order valence-electron chi connectivity index (χ0n) is 40.0. The fraction of sp³-hybridized carbons (Fsp3) is 0.667. The number of methoxy groups -OCH3 is 3. The van der Waals surface area contributed by atoms with Gasteiger partial charge in [0.1, 0.15) is 29.8 Å². The Labute approximate surface area is 389 Å². The molecule has 15 heteroatoms. The number of aliphatic hydroxyl groups excluding tert-OH is 2. The van der Waals surface area contributed by atoms with Crippen LogP contribution in [0.3, 0.4) is 0 Å². The van der Waals surface area contributed by atoms with Crippen molar-refractivity contribution in [2.45, 2.75) is 160 Å². The number of piperidine rings is 1. The Morgan fingerprint density at radius 2 is 1.56 bits per heavy atom. The number of Topliss-reactive ketones (excluding diaryl/α,β-unsaturated/α-hetero) is 2. The van der Waals surface area contributed by atoms with Crippen molar-refractivity contribution in [2.75, 3.05) is 27.9 Å². The lowest BCUT2D eigenvalue weighted by Crippen LogP contribution is -2.64. The first-order chi connectivity index (χ1) is 31.4. The van der Waals surface area contributed by atoms with Crippen molar-refractivity contribution in [1.82, 2.24) is 4.90 Å². The van der Waals surface area contributed by atoms with E-state index in [1.54, 1.807) is 64.3 Å². The molecule has 5 rings (SSSR count). The topological polar surface area (TPSA) is 205 Å². The minimum absolute atomic E-state index is 0.0538. The van der Waals surface area contributed by atoms with Crippen LogP contribution in [-0.2, 0) is 47.7 Å². The van der Waals surface area contributed by atoms with E-state index in [4.69, 9.17) is 28.4 Å². The van der Waals surface area contributed by atoms with Gasteiger partial charge in [0.2, 0.25) is 5.79 Å². The average Bonchev–Trinajstić information content (AvgIpc) is 3.30. The Morgan fingerprint density at radius 1 is 0.879 bits per heavy atom. The van der Waals surface area contributed by atoms with Gasteiger partial charge in [0.05, 0.1) is 30.5 Å². The van der Waals surface area contributed by atoms with Crippen LogP contribution >= 0.6 is 0 Å². The Bertz CT molecular complexity index is 1920. The maximum Gasteiger partial charge on any atom is 0.335 e. The molecule has 0 aromatic heterocycles. The molecule has 15 nitrogen and oxygen atoms in total. The van der Waals surface area contributed by atoms with Gasteiger partial charge < -0.3 is 48.6 Å². The van der Waals surface area contributed by atoms with Gasteiger partial charge in [-0.2, -0.15) is 0 Å². The van der Waals surface area contributed by atoms with Crippen molar-refractivity contribution in [3.8, 4) is 5.75 Å².